The molecular weight excluding hydrogens is 415 g/mol. The van der Waals surface area contributed by atoms with E-state index in [-0.39, 0.29) is 5.43 Å². The zero-order valence-corrected chi connectivity index (χ0v) is 14.0. The van der Waals surface area contributed by atoms with Gasteiger partial charge in [-0.05, 0) is 34.7 Å². The number of hydrogen-bond acceptors (Lipinski definition) is 3. The third-order valence-corrected chi connectivity index (χ3v) is 4.80. The van der Waals surface area contributed by atoms with Crippen molar-refractivity contribution in [3.8, 4) is 11.3 Å². The fourth-order valence-electron chi connectivity index (χ4n) is 2.46. The standard InChI is InChI=1S/C16H8ClIN2O2/c17-16-9-6-7-10-13(21)11(18)14(8-4-2-1-3-5-8)22-15(10)12(9)19-20-16/h1-7H,(H,19,20). The van der Waals surface area contributed by atoms with Gasteiger partial charge in [0.25, 0.3) is 0 Å². The molecule has 0 spiro atoms. The first-order valence-corrected chi connectivity index (χ1v) is 7.97. The van der Waals surface area contributed by atoms with E-state index in [0.29, 0.717) is 31.0 Å². The van der Waals surface area contributed by atoms with Gasteiger partial charge in [0.1, 0.15) is 9.09 Å². The van der Waals surface area contributed by atoms with Crippen molar-refractivity contribution < 1.29 is 4.42 Å². The Labute approximate surface area is 143 Å². The van der Waals surface area contributed by atoms with Crippen LogP contribution in [-0.4, -0.2) is 10.2 Å². The lowest BCUT2D eigenvalue weighted by Crippen LogP contribution is -2.07. The van der Waals surface area contributed by atoms with Gasteiger partial charge in [-0.15, -0.1) is 0 Å². The molecule has 6 heteroatoms. The van der Waals surface area contributed by atoms with Crippen LogP contribution in [0.4, 0.5) is 0 Å². The van der Waals surface area contributed by atoms with Gasteiger partial charge in [0, 0.05) is 10.9 Å². The second-order valence-electron chi connectivity index (χ2n) is 4.82. The Morgan fingerprint density at radius 1 is 1.09 bits per heavy atom. The van der Waals surface area contributed by atoms with Gasteiger partial charge in [-0.1, -0.05) is 41.9 Å². The van der Waals surface area contributed by atoms with Crippen LogP contribution in [0.5, 0.6) is 0 Å². The zero-order valence-electron chi connectivity index (χ0n) is 11.1. The number of rotatable bonds is 1. The number of nitrogens with zero attached hydrogens (tertiary/aromatic N) is 1. The largest absolute Gasteiger partial charge is 0.452 e. The van der Waals surface area contributed by atoms with Gasteiger partial charge in [-0.3, -0.25) is 9.89 Å². The third kappa shape index (κ3) is 1.96. The molecule has 0 saturated carbocycles. The fraction of sp³-hybridized carbons (Fsp3) is 0. The Morgan fingerprint density at radius 2 is 1.82 bits per heavy atom. The summed E-state index contributed by atoms with van der Waals surface area (Å²) >= 11 is 8.06. The second kappa shape index (κ2) is 5.10. The first kappa shape index (κ1) is 13.8. The van der Waals surface area contributed by atoms with E-state index in [1.54, 1.807) is 12.1 Å². The first-order valence-electron chi connectivity index (χ1n) is 6.51. The van der Waals surface area contributed by atoms with Gasteiger partial charge in [-0.2, -0.15) is 5.10 Å². The quantitative estimate of drug-likeness (QED) is 0.456. The maximum atomic E-state index is 12.6. The summed E-state index contributed by atoms with van der Waals surface area (Å²) in [6.07, 6.45) is 0. The van der Waals surface area contributed by atoms with Gasteiger partial charge in [0.15, 0.2) is 16.5 Å². The molecule has 0 bridgehead atoms. The smallest absolute Gasteiger partial charge is 0.206 e. The summed E-state index contributed by atoms with van der Waals surface area (Å²) < 4.78 is 6.61. The number of aromatic nitrogens is 2. The lowest BCUT2D eigenvalue weighted by atomic mass is 10.1. The molecule has 0 aliphatic rings. The predicted octanol–water partition coefficient (Wildman–Crippen LogP) is 4.59. The van der Waals surface area contributed by atoms with E-state index < -0.39 is 0 Å². The molecule has 0 aliphatic heterocycles. The van der Waals surface area contributed by atoms with E-state index in [2.05, 4.69) is 10.2 Å². The zero-order chi connectivity index (χ0) is 15.3. The maximum absolute atomic E-state index is 12.6. The van der Waals surface area contributed by atoms with Gasteiger partial charge in [-0.25, -0.2) is 0 Å². The molecule has 108 valence electrons. The fourth-order valence-corrected chi connectivity index (χ4v) is 3.37. The Morgan fingerprint density at radius 3 is 2.59 bits per heavy atom. The highest BCUT2D eigenvalue weighted by Crippen LogP contribution is 2.31. The molecule has 4 nitrogen and oxygen atoms in total. The van der Waals surface area contributed by atoms with Crippen LogP contribution in [0.15, 0.2) is 51.7 Å². The van der Waals surface area contributed by atoms with Crippen molar-refractivity contribution >= 4 is 56.1 Å². The Bertz CT molecular complexity index is 1070. The highest BCUT2D eigenvalue weighted by atomic mass is 127. The van der Waals surface area contributed by atoms with Gasteiger partial charge >= 0.3 is 0 Å². The summed E-state index contributed by atoms with van der Waals surface area (Å²) in [5.41, 5.74) is 1.90. The summed E-state index contributed by atoms with van der Waals surface area (Å²) in [6, 6.07) is 13.0. The van der Waals surface area contributed by atoms with Crippen molar-refractivity contribution in [2.75, 3.05) is 0 Å². The van der Waals surface area contributed by atoms with E-state index in [1.165, 1.54) is 0 Å². The topological polar surface area (TPSA) is 58.9 Å². The summed E-state index contributed by atoms with van der Waals surface area (Å²) in [5, 5.41) is 8.42. The summed E-state index contributed by atoms with van der Waals surface area (Å²) in [7, 11) is 0. The van der Waals surface area contributed by atoms with Gasteiger partial charge in [0.05, 0.1) is 5.39 Å². The minimum Gasteiger partial charge on any atom is -0.452 e. The molecular formula is C16H8ClIN2O2. The van der Waals surface area contributed by atoms with Crippen LogP contribution in [0.3, 0.4) is 0 Å². The predicted molar refractivity (Wildman–Crippen MR) is 95.3 cm³/mol. The molecule has 0 unspecified atom stereocenters. The van der Waals surface area contributed by atoms with Crippen molar-refractivity contribution in [1.29, 1.82) is 0 Å². The van der Waals surface area contributed by atoms with Gasteiger partial charge < -0.3 is 4.42 Å². The number of nitrogens with one attached hydrogen (secondary N) is 1. The van der Waals surface area contributed by atoms with Crippen LogP contribution in [0.2, 0.25) is 5.15 Å². The summed E-state index contributed by atoms with van der Waals surface area (Å²) in [5.74, 6) is 0.553. The van der Waals surface area contributed by atoms with Crippen molar-refractivity contribution in [2.45, 2.75) is 0 Å². The molecule has 0 amide bonds. The highest BCUT2D eigenvalue weighted by Gasteiger charge is 2.17. The van der Waals surface area contributed by atoms with E-state index in [9.17, 15) is 4.79 Å². The molecule has 2 aromatic heterocycles. The minimum absolute atomic E-state index is 0.0617. The average molecular weight is 423 g/mol. The number of aromatic amines is 1. The van der Waals surface area contributed by atoms with Crippen LogP contribution >= 0.6 is 34.2 Å². The van der Waals surface area contributed by atoms with Crippen molar-refractivity contribution in [1.82, 2.24) is 10.2 Å². The number of benzene rings is 2. The summed E-state index contributed by atoms with van der Waals surface area (Å²) in [6.45, 7) is 0. The average Bonchev–Trinajstić information content (AvgIpc) is 2.93. The van der Waals surface area contributed by atoms with Crippen molar-refractivity contribution in [3.05, 3.63) is 61.4 Å². The molecule has 22 heavy (non-hydrogen) atoms. The Hall–Kier alpha value is -1.86. The summed E-state index contributed by atoms with van der Waals surface area (Å²) in [4.78, 5) is 12.6. The lowest BCUT2D eigenvalue weighted by molar-refractivity contribution is 0.617. The molecule has 0 saturated heterocycles. The van der Waals surface area contributed by atoms with E-state index in [0.717, 1.165) is 10.9 Å². The molecule has 1 N–H and O–H groups in total. The van der Waals surface area contributed by atoms with E-state index >= 15 is 0 Å². The SMILES string of the molecule is O=c1c(I)c(-c2ccccc2)oc2c1ccc1c(Cl)n[nH]c12. The molecule has 0 aliphatic carbocycles. The maximum Gasteiger partial charge on any atom is 0.206 e. The molecule has 2 heterocycles. The Balaban J connectivity index is 2.18. The minimum atomic E-state index is -0.0617. The van der Waals surface area contributed by atoms with E-state index in [4.69, 9.17) is 16.0 Å². The highest BCUT2D eigenvalue weighted by molar-refractivity contribution is 14.1. The van der Waals surface area contributed by atoms with Crippen LogP contribution in [-0.2, 0) is 0 Å². The second-order valence-corrected chi connectivity index (χ2v) is 6.26. The number of halogens is 2. The first-order chi connectivity index (χ1) is 10.7. The number of H-pyrrole nitrogens is 1. The monoisotopic (exact) mass is 422 g/mol. The van der Waals surface area contributed by atoms with Crippen LogP contribution in [0.25, 0.3) is 33.2 Å². The molecule has 4 rings (SSSR count). The molecule has 0 atom stereocenters. The van der Waals surface area contributed by atoms with Crippen molar-refractivity contribution in [3.63, 3.8) is 0 Å². The molecule has 0 fully saturated rings. The van der Waals surface area contributed by atoms with Crippen molar-refractivity contribution in [2.24, 2.45) is 0 Å². The number of hydrogen-bond donors (Lipinski definition) is 1. The van der Waals surface area contributed by atoms with Crippen LogP contribution in [0.1, 0.15) is 0 Å². The molecule has 4 aromatic rings. The Kier molecular flexibility index (Phi) is 3.19. The lowest BCUT2D eigenvalue weighted by Gasteiger charge is -2.06. The van der Waals surface area contributed by atoms with Crippen LogP contribution < -0.4 is 5.43 Å². The van der Waals surface area contributed by atoms with E-state index in [1.807, 2.05) is 52.9 Å². The normalized spacial score (nSPS) is 11.4. The molecule has 0 radical (unpaired) electrons. The number of fused-ring (bicyclic) bond motifs is 3. The van der Waals surface area contributed by atoms with Gasteiger partial charge in [0.2, 0.25) is 5.43 Å². The molecule has 2 aromatic carbocycles. The third-order valence-electron chi connectivity index (χ3n) is 3.53. The van der Waals surface area contributed by atoms with Crippen LogP contribution in [0, 0.1) is 3.57 Å².